The van der Waals surface area contributed by atoms with Gasteiger partial charge in [0.2, 0.25) is 5.91 Å². The van der Waals surface area contributed by atoms with Crippen LogP contribution in [0.2, 0.25) is 0 Å². The summed E-state index contributed by atoms with van der Waals surface area (Å²) in [6.07, 6.45) is 3.30. The van der Waals surface area contributed by atoms with Crippen molar-refractivity contribution in [1.29, 1.82) is 5.26 Å². The smallest absolute Gasteiger partial charge is 0.237 e. The van der Waals surface area contributed by atoms with E-state index in [1.165, 1.54) is 0 Å². The van der Waals surface area contributed by atoms with Gasteiger partial charge in [-0.15, -0.1) is 0 Å². The van der Waals surface area contributed by atoms with Gasteiger partial charge in [-0.05, 0) is 19.3 Å². The van der Waals surface area contributed by atoms with E-state index in [1.807, 2.05) is 13.0 Å². The van der Waals surface area contributed by atoms with Gasteiger partial charge in [-0.3, -0.25) is 4.79 Å². The summed E-state index contributed by atoms with van der Waals surface area (Å²) in [6.45, 7) is 6.05. The first-order valence-electron chi connectivity index (χ1n) is 6.01. The number of nitrogens with one attached hydrogen (secondary N) is 1. The van der Waals surface area contributed by atoms with E-state index in [0.717, 1.165) is 25.9 Å². The lowest BCUT2D eigenvalue weighted by Crippen LogP contribution is -2.31. The molecule has 4 heteroatoms. The second kappa shape index (κ2) is 10.4. The molecule has 0 bridgehead atoms. The van der Waals surface area contributed by atoms with Gasteiger partial charge >= 0.3 is 0 Å². The Morgan fingerprint density at radius 1 is 1.38 bits per heavy atom. The van der Waals surface area contributed by atoms with Crippen molar-refractivity contribution in [1.82, 2.24) is 5.32 Å². The Morgan fingerprint density at radius 2 is 2.12 bits per heavy atom. The third-order valence-corrected chi connectivity index (χ3v) is 2.16. The molecule has 0 saturated carbocycles. The molecule has 0 spiro atoms. The molecule has 0 fully saturated rings. The van der Waals surface area contributed by atoms with Crippen LogP contribution >= 0.6 is 0 Å². The van der Waals surface area contributed by atoms with Gasteiger partial charge in [-0.2, -0.15) is 5.26 Å². The average molecular weight is 226 g/mol. The fourth-order valence-corrected chi connectivity index (χ4v) is 1.30. The molecular weight excluding hydrogens is 204 g/mol. The van der Waals surface area contributed by atoms with Crippen LogP contribution in [0.1, 0.15) is 39.5 Å². The van der Waals surface area contributed by atoms with Gasteiger partial charge in [0.1, 0.15) is 5.92 Å². The third-order valence-electron chi connectivity index (χ3n) is 2.16. The quantitative estimate of drug-likeness (QED) is 0.610. The van der Waals surface area contributed by atoms with Crippen molar-refractivity contribution in [2.45, 2.75) is 39.5 Å². The van der Waals surface area contributed by atoms with Crippen LogP contribution in [0.5, 0.6) is 0 Å². The number of amides is 1. The van der Waals surface area contributed by atoms with Gasteiger partial charge in [-0.1, -0.05) is 20.3 Å². The minimum atomic E-state index is -0.499. The van der Waals surface area contributed by atoms with Crippen LogP contribution in [0.15, 0.2) is 0 Å². The highest BCUT2D eigenvalue weighted by molar-refractivity contribution is 5.80. The molecule has 0 aromatic rings. The summed E-state index contributed by atoms with van der Waals surface area (Å²) in [5.74, 6) is -0.651. The van der Waals surface area contributed by atoms with Crippen molar-refractivity contribution in [2.24, 2.45) is 5.92 Å². The summed E-state index contributed by atoms with van der Waals surface area (Å²) in [5.41, 5.74) is 0. The topological polar surface area (TPSA) is 62.1 Å². The minimum absolute atomic E-state index is 0.153. The van der Waals surface area contributed by atoms with Gasteiger partial charge < -0.3 is 10.1 Å². The number of carbonyl (C=O) groups is 1. The predicted molar refractivity (Wildman–Crippen MR) is 62.7 cm³/mol. The van der Waals surface area contributed by atoms with Gasteiger partial charge in [0.25, 0.3) is 0 Å². The van der Waals surface area contributed by atoms with E-state index in [4.69, 9.17) is 10.00 Å². The molecule has 0 aliphatic heterocycles. The van der Waals surface area contributed by atoms with Crippen LogP contribution in [0.4, 0.5) is 0 Å². The lowest BCUT2D eigenvalue weighted by molar-refractivity contribution is -0.123. The number of ether oxygens (including phenoxy) is 1. The fraction of sp³-hybridized carbons (Fsp3) is 0.833. The zero-order valence-electron chi connectivity index (χ0n) is 10.3. The van der Waals surface area contributed by atoms with Gasteiger partial charge in [0, 0.05) is 19.8 Å². The number of nitrogens with zero attached hydrogens (tertiary/aromatic N) is 1. The Bertz CT molecular complexity index is 224. The summed E-state index contributed by atoms with van der Waals surface area (Å²) >= 11 is 0. The molecule has 0 aliphatic rings. The van der Waals surface area contributed by atoms with E-state index in [0.29, 0.717) is 19.6 Å². The zero-order chi connectivity index (χ0) is 12.2. The van der Waals surface area contributed by atoms with E-state index < -0.39 is 5.92 Å². The van der Waals surface area contributed by atoms with Crippen LogP contribution in [-0.2, 0) is 9.53 Å². The number of hydrogen-bond donors (Lipinski definition) is 1. The fourth-order valence-electron chi connectivity index (χ4n) is 1.30. The molecule has 92 valence electrons. The summed E-state index contributed by atoms with van der Waals surface area (Å²) in [4.78, 5) is 11.5. The van der Waals surface area contributed by atoms with E-state index in [-0.39, 0.29) is 5.91 Å². The molecule has 4 nitrogen and oxygen atoms in total. The molecule has 0 rings (SSSR count). The second-order valence-electron chi connectivity index (χ2n) is 3.73. The van der Waals surface area contributed by atoms with Crippen molar-refractivity contribution in [3.8, 4) is 6.07 Å². The molecule has 16 heavy (non-hydrogen) atoms. The van der Waals surface area contributed by atoms with Crippen LogP contribution < -0.4 is 5.32 Å². The SMILES string of the molecule is CCCOCCCNC(=O)C(C#N)CCC. The Kier molecular flexibility index (Phi) is 9.73. The normalized spacial score (nSPS) is 11.8. The molecular formula is C12H22N2O2. The first kappa shape index (κ1) is 14.9. The largest absolute Gasteiger partial charge is 0.381 e. The third kappa shape index (κ3) is 7.24. The molecule has 0 aromatic heterocycles. The maximum atomic E-state index is 11.5. The molecule has 0 radical (unpaired) electrons. The molecule has 1 atom stereocenters. The van der Waals surface area contributed by atoms with E-state index in [9.17, 15) is 4.79 Å². The van der Waals surface area contributed by atoms with Gasteiger partial charge in [0.05, 0.1) is 6.07 Å². The predicted octanol–water partition coefficient (Wildman–Crippen LogP) is 1.86. The highest BCUT2D eigenvalue weighted by atomic mass is 16.5. The van der Waals surface area contributed by atoms with Crippen LogP contribution in [0.25, 0.3) is 0 Å². The zero-order valence-corrected chi connectivity index (χ0v) is 10.3. The maximum absolute atomic E-state index is 11.5. The first-order valence-corrected chi connectivity index (χ1v) is 6.01. The monoisotopic (exact) mass is 226 g/mol. The molecule has 1 amide bonds. The Morgan fingerprint density at radius 3 is 2.69 bits per heavy atom. The number of rotatable bonds is 9. The van der Waals surface area contributed by atoms with Crippen LogP contribution in [0.3, 0.4) is 0 Å². The van der Waals surface area contributed by atoms with E-state index in [1.54, 1.807) is 0 Å². The van der Waals surface area contributed by atoms with Gasteiger partial charge in [-0.25, -0.2) is 0 Å². The molecule has 1 N–H and O–H groups in total. The standard InChI is InChI=1S/C12H22N2O2/c1-3-6-11(10-13)12(15)14-7-5-9-16-8-4-2/h11H,3-9H2,1-2H3,(H,14,15). The summed E-state index contributed by atoms with van der Waals surface area (Å²) in [6, 6.07) is 2.02. The lowest BCUT2D eigenvalue weighted by Gasteiger charge is -2.09. The average Bonchev–Trinajstić information content (AvgIpc) is 2.30. The van der Waals surface area contributed by atoms with Crippen molar-refractivity contribution in [3.05, 3.63) is 0 Å². The van der Waals surface area contributed by atoms with Crippen LogP contribution in [-0.4, -0.2) is 25.7 Å². The number of hydrogen-bond acceptors (Lipinski definition) is 3. The first-order chi connectivity index (χ1) is 7.76. The second-order valence-corrected chi connectivity index (χ2v) is 3.73. The summed E-state index contributed by atoms with van der Waals surface area (Å²) in [5, 5.41) is 11.5. The van der Waals surface area contributed by atoms with Crippen molar-refractivity contribution < 1.29 is 9.53 Å². The summed E-state index contributed by atoms with van der Waals surface area (Å²) < 4.78 is 5.28. The highest BCUT2D eigenvalue weighted by Crippen LogP contribution is 2.04. The molecule has 0 aromatic carbocycles. The van der Waals surface area contributed by atoms with Gasteiger partial charge in [0.15, 0.2) is 0 Å². The number of nitriles is 1. The van der Waals surface area contributed by atoms with Crippen molar-refractivity contribution >= 4 is 5.91 Å². The Labute approximate surface area is 98.0 Å². The minimum Gasteiger partial charge on any atom is -0.381 e. The Balaban J connectivity index is 3.53. The molecule has 0 aliphatic carbocycles. The van der Waals surface area contributed by atoms with Crippen LogP contribution in [0, 0.1) is 17.2 Å². The highest BCUT2D eigenvalue weighted by Gasteiger charge is 2.15. The summed E-state index contributed by atoms with van der Waals surface area (Å²) in [7, 11) is 0. The van der Waals surface area contributed by atoms with E-state index >= 15 is 0 Å². The van der Waals surface area contributed by atoms with E-state index in [2.05, 4.69) is 12.2 Å². The maximum Gasteiger partial charge on any atom is 0.237 e. The Hall–Kier alpha value is -1.08. The molecule has 1 unspecified atom stereocenters. The molecule has 0 heterocycles. The lowest BCUT2D eigenvalue weighted by atomic mass is 10.1. The van der Waals surface area contributed by atoms with Crippen molar-refractivity contribution in [2.75, 3.05) is 19.8 Å². The molecule has 0 saturated heterocycles. The number of carbonyl (C=O) groups excluding carboxylic acids is 1. The van der Waals surface area contributed by atoms with Crippen molar-refractivity contribution in [3.63, 3.8) is 0 Å².